The molecule has 0 saturated carbocycles. The standard InChI is InChI=1S/C25H19N5O/c1-18-23(25(31)30(27-18)22-12-6-3-7-13-22)15-20-17-29(21-10-4-2-5-11-21)28-24(20)19-9-8-14-26-16-19/h2-17H,1H3. The van der Waals surface area contributed by atoms with E-state index in [1.54, 1.807) is 12.4 Å². The molecule has 2 aromatic heterocycles. The van der Waals surface area contributed by atoms with Gasteiger partial charge >= 0.3 is 0 Å². The van der Waals surface area contributed by atoms with Gasteiger partial charge in [0, 0.05) is 29.7 Å². The van der Waals surface area contributed by atoms with E-state index in [0.29, 0.717) is 11.3 Å². The van der Waals surface area contributed by atoms with Crippen LogP contribution < -0.4 is 5.01 Å². The lowest BCUT2D eigenvalue weighted by molar-refractivity contribution is -0.114. The molecule has 0 fully saturated rings. The minimum Gasteiger partial charge on any atom is -0.267 e. The normalized spacial score (nSPS) is 14.9. The highest BCUT2D eigenvalue weighted by atomic mass is 16.2. The Bertz CT molecular complexity index is 1290. The van der Waals surface area contributed by atoms with E-state index in [4.69, 9.17) is 5.10 Å². The van der Waals surface area contributed by atoms with Gasteiger partial charge in [-0.1, -0.05) is 36.4 Å². The van der Waals surface area contributed by atoms with Crippen LogP contribution in [0, 0.1) is 0 Å². The Kier molecular flexibility index (Phi) is 4.72. The number of hydrogen-bond acceptors (Lipinski definition) is 4. The highest BCUT2D eigenvalue weighted by Gasteiger charge is 2.29. The molecule has 0 N–H and O–H groups in total. The average Bonchev–Trinajstić information content (AvgIpc) is 3.37. The Labute approximate surface area is 179 Å². The maximum Gasteiger partial charge on any atom is 0.280 e. The van der Waals surface area contributed by atoms with Crippen molar-refractivity contribution < 1.29 is 4.79 Å². The van der Waals surface area contributed by atoms with Gasteiger partial charge in [-0.2, -0.15) is 15.2 Å². The molecule has 0 radical (unpaired) electrons. The number of aromatic nitrogens is 3. The van der Waals surface area contributed by atoms with E-state index in [9.17, 15) is 4.79 Å². The van der Waals surface area contributed by atoms with Crippen molar-refractivity contribution in [1.82, 2.24) is 14.8 Å². The summed E-state index contributed by atoms with van der Waals surface area (Å²) in [6.07, 6.45) is 7.29. The van der Waals surface area contributed by atoms with E-state index < -0.39 is 0 Å². The van der Waals surface area contributed by atoms with Gasteiger partial charge in [-0.15, -0.1) is 0 Å². The van der Waals surface area contributed by atoms with Gasteiger partial charge in [0.1, 0.15) is 5.69 Å². The second-order valence-corrected chi connectivity index (χ2v) is 7.15. The number of benzene rings is 2. The van der Waals surface area contributed by atoms with Gasteiger partial charge in [0.15, 0.2) is 0 Å². The van der Waals surface area contributed by atoms with Crippen LogP contribution >= 0.6 is 0 Å². The summed E-state index contributed by atoms with van der Waals surface area (Å²) in [7, 11) is 0. The number of anilines is 1. The summed E-state index contributed by atoms with van der Waals surface area (Å²) in [5.74, 6) is -0.159. The number of hydrogen-bond donors (Lipinski definition) is 0. The largest absolute Gasteiger partial charge is 0.280 e. The zero-order valence-electron chi connectivity index (χ0n) is 16.9. The van der Waals surface area contributed by atoms with Gasteiger partial charge in [0.2, 0.25) is 0 Å². The van der Waals surface area contributed by atoms with Crippen LogP contribution in [0.2, 0.25) is 0 Å². The second kappa shape index (κ2) is 7.84. The third kappa shape index (κ3) is 3.55. The highest BCUT2D eigenvalue weighted by molar-refractivity contribution is 6.32. The van der Waals surface area contributed by atoms with Crippen LogP contribution in [0.1, 0.15) is 12.5 Å². The summed E-state index contributed by atoms with van der Waals surface area (Å²) in [5, 5.41) is 10.7. The van der Waals surface area contributed by atoms with Gasteiger partial charge < -0.3 is 0 Å². The molecule has 0 saturated heterocycles. The van der Waals surface area contributed by atoms with Gasteiger partial charge in [-0.3, -0.25) is 9.78 Å². The van der Waals surface area contributed by atoms with Crippen LogP contribution in [0.15, 0.2) is 102 Å². The monoisotopic (exact) mass is 405 g/mol. The summed E-state index contributed by atoms with van der Waals surface area (Å²) in [5.41, 5.74) is 5.34. The zero-order valence-corrected chi connectivity index (χ0v) is 16.9. The van der Waals surface area contributed by atoms with Crippen molar-refractivity contribution in [3.05, 3.63) is 103 Å². The molecule has 2 aromatic carbocycles. The lowest BCUT2D eigenvalue weighted by atomic mass is 10.0. The Hall–Kier alpha value is -4.32. The lowest BCUT2D eigenvalue weighted by Crippen LogP contribution is -2.21. The summed E-state index contributed by atoms with van der Waals surface area (Å²) in [4.78, 5) is 17.4. The number of para-hydroxylation sites is 2. The lowest BCUT2D eigenvalue weighted by Gasteiger charge is -2.10. The third-order valence-corrected chi connectivity index (χ3v) is 5.06. The van der Waals surface area contributed by atoms with Gasteiger partial charge in [-0.05, 0) is 49.4 Å². The molecular weight excluding hydrogens is 386 g/mol. The SMILES string of the molecule is CC1=NN(c2ccccc2)C(=O)C1=Cc1cn(-c2ccccc2)nc1-c1cccnc1. The first-order valence-electron chi connectivity index (χ1n) is 9.93. The van der Waals surface area contributed by atoms with Crippen LogP contribution in [0.5, 0.6) is 0 Å². The van der Waals surface area contributed by atoms with Crippen molar-refractivity contribution in [2.75, 3.05) is 5.01 Å². The van der Waals surface area contributed by atoms with Crippen LogP contribution in [-0.2, 0) is 4.79 Å². The molecule has 3 heterocycles. The molecular formula is C25H19N5O. The maximum atomic E-state index is 13.1. The fourth-order valence-corrected chi connectivity index (χ4v) is 3.52. The molecule has 0 bridgehead atoms. The maximum absolute atomic E-state index is 13.1. The van der Waals surface area contributed by atoms with Crippen molar-refractivity contribution >= 4 is 23.4 Å². The van der Waals surface area contributed by atoms with Crippen LogP contribution in [0.25, 0.3) is 23.0 Å². The molecule has 1 aliphatic heterocycles. The first-order chi connectivity index (χ1) is 15.2. The van der Waals surface area contributed by atoms with Gasteiger partial charge in [0.25, 0.3) is 5.91 Å². The number of pyridine rings is 1. The molecule has 6 nitrogen and oxygen atoms in total. The van der Waals surface area contributed by atoms with Crippen LogP contribution in [0.4, 0.5) is 5.69 Å². The summed E-state index contributed by atoms with van der Waals surface area (Å²) in [6.45, 7) is 1.85. The first kappa shape index (κ1) is 18.7. The number of nitrogens with zero attached hydrogens (tertiary/aromatic N) is 5. The second-order valence-electron chi connectivity index (χ2n) is 7.15. The topological polar surface area (TPSA) is 63.4 Å². The van der Waals surface area contributed by atoms with E-state index in [2.05, 4.69) is 10.1 Å². The smallest absolute Gasteiger partial charge is 0.267 e. The fraction of sp³-hybridized carbons (Fsp3) is 0.0400. The Morgan fingerprint density at radius 1 is 0.871 bits per heavy atom. The van der Waals surface area contributed by atoms with Crippen LogP contribution in [0.3, 0.4) is 0 Å². The first-order valence-corrected chi connectivity index (χ1v) is 9.93. The van der Waals surface area contributed by atoms with Crippen molar-refractivity contribution in [2.45, 2.75) is 6.92 Å². The molecule has 4 aromatic rings. The van der Waals surface area contributed by atoms with E-state index in [-0.39, 0.29) is 5.91 Å². The number of hydrazone groups is 1. The van der Waals surface area contributed by atoms with E-state index >= 15 is 0 Å². The summed E-state index contributed by atoms with van der Waals surface area (Å²) in [6, 6.07) is 23.1. The number of carbonyl (C=O) groups is 1. The van der Waals surface area contributed by atoms with Crippen molar-refractivity contribution in [1.29, 1.82) is 0 Å². The highest BCUT2D eigenvalue weighted by Crippen LogP contribution is 2.29. The molecule has 6 heteroatoms. The van der Waals surface area contributed by atoms with Gasteiger partial charge in [0.05, 0.1) is 22.7 Å². The fourth-order valence-electron chi connectivity index (χ4n) is 3.52. The quantitative estimate of drug-likeness (QED) is 0.461. The zero-order chi connectivity index (χ0) is 21.2. The Balaban J connectivity index is 1.60. The van der Waals surface area contributed by atoms with E-state index in [0.717, 1.165) is 28.2 Å². The van der Waals surface area contributed by atoms with E-state index in [1.165, 1.54) is 5.01 Å². The molecule has 5 rings (SSSR count). The Morgan fingerprint density at radius 2 is 1.58 bits per heavy atom. The van der Waals surface area contributed by atoms with Crippen LogP contribution in [-0.4, -0.2) is 26.4 Å². The molecule has 1 aliphatic rings. The predicted octanol–water partition coefficient (Wildman–Crippen LogP) is 4.74. The molecule has 150 valence electrons. The minimum atomic E-state index is -0.159. The minimum absolute atomic E-state index is 0.159. The third-order valence-electron chi connectivity index (χ3n) is 5.06. The molecule has 0 unspecified atom stereocenters. The number of amides is 1. The van der Waals surface area contributed by atoms with Gasteiger partial charge in [-0.25, -0.2) is 4.68 Å². The Morgan fingerprint density at radius 3 is 2.26 bits per heavy atom. The molecule has 0 spiro atoms. The molecule has 31 heavy (non-hydrogen) atoms. The molecule has 1 amide bonds. The summed E-state index contributed by atoms with van der Waals surface area (Å²) >= 11 is 0. The number of rotatable bonds is 4. The van der Waals surface area contributed by atoms with Crippen molar-refractivity contribution in [2.24, 2.45) is 5.10 Å². The molecule has 0 aliphatic carbocycles. The number of carbonyl (C=O) groups excluding carboxylic acids is 1. The predicted molar refractivity (Wildman–Crippen MR) is 122 cm³/mol. The molecule has 0 atom stereocenters. The average molecular weight is 405 g/mol. The van der Waals surface area contributed by atoms with E-state index in [1.807, 2.05) is 96.7 Å². The summed E-state index contributed by atoms with van der Waals surface area (Å²) < 4.78 is 1.82. The van der Waals surface area contributed by atoms with Crippen molar-refractivity contribution in [3.63, 3.8) is 0 Å². The van der Waals surface area contributed by atoms with Crippen molar-refractivity contribution in [3.8, 4) is 16.9 Å².